The van der Waals surface area contributed by atoms with Crippen LogP contribution in [0, 0.1) is 12.7 Å². The normalized spacial score (nSPS) is 10.4. The first-order valence-corrected chi connectivity index (χ1v) is 6.14. The van der Waals surface area contributed by atoms with E-state index in [1.54, 1.807) is 31.3 Å². The highest BCUT2D eigenvalue weighted by atomic mass is 32.1. The number of rotatable bonds is 3. The van der Waals surface area contributed by atoms with Crippen molar-refractivity contribution in [2.24, 2.45) is 5.73 Å². The first kappa shape index (κ1) is 13.4. The monoisotopic (exact) mass is 276 g/mol. The molecule has 19 heavy (non-hydrogen) atoms. The molecule has 5 heteroatoms. The quantitative estimate of drug-likeness (QED) is 0.872. The Balaban J connectivity index is 2.43. The van der Waals surface area contributed by atoms with Gasteiger partial charge in [0.1, 0.15) is 10.8 Å². The zero-order valence-corrected chi connectivity index (χ0v) is 11.2. The van der Waals surface area contributed by atoms with Crippen LogP contribution in [0.15, 0.2) is 41.3 Å². The van der Waals surface area contributed by atoms with Crippen molar-refractivity contribution in [1.29, 1.82) is 0 Å². The molecular formula is C14H13FN2OS. The van der Waals surface area contributed by atoms with Gasteiger partial charge in [0.2, 0.25) is 0 Å². The number of benzene rings is 1. The average Bonchev–Trinajstić information content (AvgIpc) is 2.37. The van der Waals surface area contributed by atoms with Gasteiger partial charge in [-0.2, -0.15) is 0 Å². The van der Waals surface area contributed by atoms with Crippen LogP contribution in [0.4, 0.5) is 4.39 Å². The Labute approximate surface area is 115 Å². The average molecular weight is 276 g/mol. The molecule has 0 saturated heterocycles. The number of aromatic nitrogens is 1. The summed E-state index contributed by atoms with van der Waals surface area (Å²) in [4.78, 5) is 12.1. The molecule has 2 N–H and O–H groups in total. The maximum atomic E-state index is 13.8. The molecule has 0 atom stereocenters. The first-order valence-electron chi connectivity index (χ1n) is 5.73. The minimum Gasteiger partial charge on any atom is -0.389 e. The predicted molar refractivity (Wildman–Crippen MR) is 76.8 cm³/mol. The molecule has 0 amide bonds. The predicted octanol–water partition coefficient (Wildman–Crippen LogP) is 1.98. The van der Waals surface area contributed by atoms with E-state index in [2.05, 4.69) is 0 Å². The van der Waals surface area contributed by atoms with Crippen molar-refractivity contribution >= 4 is 17.2 Å². The van der Waals surface area contributed by atoms with Crippen LogP contribution in [0.3, 0.4) is 0 Å². The summed E-state index contributed by atoms with van der Waals surface area (Å²) >= 11 is 4.86. The van der Waals surface area contributed by atoms with E-state index >= 15 is 0 Å². The maximum Gasteiger partial charge on any atom is 0.253 e. The fraction of sp³-hybridized carbons (Fsp3) is 0.143. The van der Waals surface area contributed by atoms with Gasteiger partial charge in [-0.25, -0.2) is 4.39 Å². The van der Waals surface area contributed by atoms with Gasteiger partial charge in [0.25, 0.3) is 5.56 Å². The van der Waals surface area contributed by atoms with E-state index in [1.807, 2.05) is 0 Å². The molecule has 0 fully saturated rings. The summed E-state index contributed by atoms with van der Waals surface area (Å²) in [5.74, 6) is -0.381. The maximum absolute atomic E-state index is 13.8. The minimum absolute atomic E-state index is 0.136. The van der Waals surface area contributed by atoms with Gasteiger partial charge in [0, 0.05) is 22.9 Å². The van der Waals surface area contributed by atoms with Crippen LogP contribution in [0.25, 0.3) is 0 Å². The van der Waals surface area contributed by atoms with E-state index in [1.165, 1.54) is 16.7 Å². The van der Waals surface area contributed by atoms with Gasteiger partial charge in [-0.1, -0.05) is 18.3 Å². The number of thiocarbonyl (C=S) groups is 1. The Morgan fingerprint density at radius 1 is 1.42 bits per heavy atom. The second-order valence-electron chi connectivity index (χ2n) is 4.29. The fourth-order valence-corrected chi connectivity index (χ4v) is 1.94. The van der Waals surface area contributed by atoms with Crippen LogP contribution in [0.1, 0.15) is 16.7 Å². The van der Waals surface area contributed by atoms with Crippen molar-refractivity contribution in [3.63, 3.8) is 0 Å². The second-order valence-corrected chi connectivity index (χ2v) is 4.73. The summed E-state index contributed by atoms with van der Waals surface area (Å²) in [6, 6.07) is 7.89. The van der Waals surface area contributed by atoms with E-state index in [-0.39, 0.29) is 22.9 Å². The summed E-state index contributed by atoms with van der Waals surface area (Å²) in [5, 5.41) is 0. The number of hydrogen-bond acceptors (Lipinski definition) is 2. The summed E-state index contributed by atoms with van der Waals surface area (Å²) in [6.45, 7) is 1.88. The SMILES string of the molecule is Cc1cccn(Cc2cc(C(N)=S)ccc2F)c1=O. The largest absolute Gasteiger partial charge is 0.389 e. The molecule has 0 aliphatic rings. The number of halogens is 1. The molecule has 3 nitrogen and oxygen atoms in total. The molecular weight excluding hydrogens is 263 g/mol. The molecule has 1 aromatic heterocycles. The van der Waals surface area contributed by atoms with Gasteiger partial charge in [0.15, 0.2) is 0 Å². The molecule has 0 spiro atoms. The minimum atomic E-state index is -0.381. The molecule has 2 aromatic rings. The van der Waals surface area contributed by atoms with Crippen LogP contribution in [0.2, 0.25) is 0 Å². The lowest BCUT2D eigenvalue weighted by Crippen LogP contribution is -2.22. The van der Waals surface area contributed by atoms with Gasteiger partial charge < -0.3 is 10.3 Å². The number of aryl methyl sites for hydroxylation is 1. The highest BCUT2D eigenvalue weighted by Crippen LogP contribution is 2.12. The van der Waals surface area contributed by atoms with Gasteiger partial charge in [0.05, 0.1) is 6.54 Å². The van der Waals surface area contributed by atoms with Crippen molar-refractivity contribution in [3.8, 4) is 0 Å². The van der Waals surface area contributed by atoms with Gasteiger partial charge in [-0.05, 0) is 31.2 Å². The molecule has 0 unspecified atom stereocenters. The van der Waals surface area contributed by atoms with E-state index in [9.17, 15) is 9.18 Å². The van der Waals surface area contributed by atoms with Gasteiger partial charge in [-0.15, -0.1) is 0 Å². The third-order valence-electron chi connectivity index (χ3n) is 2.88. The van der Waals surface area contributed by atoms with Crippen molar-refractivity contribution in [1.82, 2.24) is 4.57 Å². The van der Waals surface area contributed by atoms with E-state index in [0.717, 1.165) is 0 Å². The van der Waals surface area contributed by atoms with Crippen LogP contribution in [-0.2, 0) is 6.54 Å². The lowest BCUT2D eigenvalue weighted by Gasteiger charge is -2.09. The van der Waals surface area contributed by atoms with Crippen LogP contribution in [0.5, 0.6) is 0 Å². The first-order chi connectivity index (χ1) is 8.99. The highest BCUT2D eigenvalue weighted by Gasteiger charge is 2.07. The van der Waals surface area contributed by atoms with Crippen molar-refractivity contribution in [2.75, 3.05) is 0 Å². The Bertz CT molecular complexity index is 694. The molecule has 0 aliphatic heterocycles. The van der Waals surface area contributed by atoms with Crippen LogP contribution < -0.4 is 11.3 Å². The van der Waals surface area contributed by atoms with E-state index in [0.29, 0.717) is 16.7 Å². The summed E-state index contributed by atoms with van der Waals surface area (Å²) in [5.41, 5.74) is 6.98. The van der Waals surface area contributed by atoms with Gasteiger partial charge in [-0.3, -0.25) is 4.79 Å². The summed E-state index contributed by atoms with van der Waals surface area (Å²) < 4.78 is 15.2. The number of nitrogens with zero attached hydrogens (tertiary/aromatic N) is 1. The highest BCUT2D eigenvalue weighted by molar-refractivity contribution is 7.80. The van der Waals surface area contributed by atoms with Crippen molar-refractivity contribution in [3.05, 3.63) is 69.4 Å². The van der Waals surface area contributed by atoms with E-state index in [4.69, 9.17) is 18.0 Å². The Hall–Kier alpha value is -2.01. The van der Waals surface area contributed by atoms with Crippen LogP contribution >= 0.6 is 12.2 Å². The topological polar surface area (TPSA) is 48.0 Å². The van der Waals surface area contributed by atoms with Gasteiger partial charge >= 0.3 is 0 Å². The zero-order chi connectivity index (χ0) is 14.0. The lowest BCUT2D eigenvalue weighted by molar-refractivity contribution is 0.595. The van der Waals surface area contributed by atoms with Crippen LogP contribution in [-0.4, -0.2) is 9.56 Å². The molecule has 0 radical (unpaired) electrons. The molecule has 1 aromatic carbocycles. The van der Waals surface area contributed by atoms with Crippen molar-refractivity contribution < 1.29 is 4.39 Å². The molecule has 0 aliphatic carbocycles. The Morgan fingerprint density at radius 3 is 2.84 bits per heavy atom. The number of nitrogens with two attached hydrogens (primary N) is 1. The Kier molecular flexibility index (Phi) is 3.76. The second kappa shape index (κ2) is 5.32. The molecule has 0 bridgehead atoms. The lowest BCUT2D eigenvalue weighted by atomic mass is 10.1. The Morgan fingerprint density at radius 2 is 2.16 bits per heavy atom. The molecule has 2 rings (SSSR count). The third-order valence-corrected chi connectivity index (χ3v) is 3.12. The number of hydrogen-bond donors (Lipinski definition) is 1. The smallest absolute Gasteiger partial charge is 0.253 e. The molecule has 1 heterocycles. The molecule has 0 saturated carbocycles. The molecule has 98 valence electrons. The van der Waals surface area contributed by atoms with Crippen molar-refractivity contribution in [2.45, 2.75) is 13.5 Å². The summed E-state index contributed by atoms with van der Waals surface area (Å²) in [7, 11) is 0. The number of pyridine rings is 1. The fourth-order valence-electron chi connectivity index (χ4n) is 1.81. The third kappa shape index (κ3) is 2.88. The zero-order valence-electron chi connectivity index (χ0n) is 10.4. The summed E-state index contributed by atoms with van der Waals surface area (Å²) in [6.07, 6.45) is 1.63. The van der Waals surface area contributed by atoms with E-state index < -0.39 is 0 Å². The standard InChI is InChI=1S/C14H13FN2OS/c1-9-3-2-6-17(14(9)18)8-11-7-10(13(16)19)4-5-12(11)15/h2-7H,8H2,1H3,(H2,16,19).